The number of halogens is 2. The first-order chi connectivity index (χ1) is 8.52. The Morgan fingerprint density at radius 3 is 2.50 bits per heavy atom. The zero-order chi connectivity index (χ0) is 13.5. The van der Waals surface area contributed by atoms with Crippen LogP contribution < -0.4 is 5.73 Å². The maximum atomic E-state index is 11.3. The third-order valence-corrected chi connectivity index (χ3v) is 2.96. The number of ether oxygens (including phenoxy) is 1. The summed E-state index contributed by atoms with van der Waals surface area (Å²) in [6, 6.07) is 4.97. The second kappa shape index (κ2) is 7.36. The van der Waals surface area contributed by atoms with Crippen molar-refractivity contribution >= 4 is 35.0 Å². The van der Waals surface area contributed by atoms with Crippen molar-refractivity contribution in [1.82, 2.24) is 0 Å². The van der Waals surface area contributed by atoms with Gasteiger partial charge in [0, 0.05) is 6.42 Å². The molecule has 0 bridgehead atoms. The van der Waals surface area contributed by atoms with E-state index in [9.17, 15) is 9.59 Å². The van der Waals surface area contributed by atoms with Crippen LogP contribution in [0.2, 0.25) is 10.0 Å². The summed E-state index contributed by atoms with van der Waals surface area (Å²) in [4.78, 5) is 22.2. The van der Waals surface area contributed by atoms with Crippen molar-refractivity contribution in [2.75, 3.05) is 6.54 Å². The van der Waals surface area contributed by atoms with Gasteiger partial charge < -0.3 is 10.5 Å². The van der Waals surface area contributed by atoms with Gasteiger partial charge in [-0.05, 0) is 17.7 Å². The first-order valence-electron chi connectivity index (χ1n) is 5.34. The molecule has 0 amide bonds. The van der Waals surface area contributed by atoms with Crippen LogP contribution >= 0.6 is 23.2 Å². The van der Waals surface area contributed by atoms with E-state index in [2.05, 4.69) is 0 Å². The van der Waals surface area contributed by atoms with E-state index in [0.717, 1.165) is 5.56 Å². The molecule has 98 valence electrons. The number of hydrogen-bond donors (Lipinski definition) is 1. The normalized spacial score (nSPS) is 10.2. The van der Waals surface area contributed by atoms with Gasteiger partial charge in [-0.3, -0.25) is 9.59 Å². The summed E-state index contributed by atoms with van der Waals surface area (Å²) in [7, 11) is 0. The quantitative estimate of drug-likeness (QED) is 0.816. The highest BCUT2D eigenvalue weighted by molar-refractivity contribution is 6.42. The largest absolute Gasteiger partial charge is 0.461 e. The van der Waals surface area contributed by atoms with Crippen molar-refractivity contribution in [2.45, 2.75) is 19.4 Å². The highest BCUT2D eigenvalue weighted by Crippen LogP contribution is 2.22. The van der Waals surface area contributed by atoms with Gasteiger partial charge in [0.2, 0.25) is 0 Å². The second-order valence-electron chi connectivity index (χ2n) is 3.65. The first kappa shape index (κ1) is 15.0. The topological polar surface area (TPSA) is 69.4 Å². The molecule has 0 aromatic heterocycles. The number of nitrogens with two attached hydrogens (primary N) is 1. The molecular formula is C12H13Cl2NO3. The van der Waals surface area contributed by atoms with Crippen LogP contribution in [-0.2, 0) is 20.9 Å². The van der Waals surface area contributed by atoms with E-state index in [1.54, 1.807) is 18.2 Å². The van der Waals surface area contributed by atoms with E-state index in [1.165, 1.54) is 0 Å². The van der Waals surface area contributed by atoms with E-state index in [4.69, 9.17) is 33.7 Å². The lowest BCUT2D eigenvalue weighted by atomic mass is 10.2. The third-order valence-electron chi connectivity index (χ3n) is 2.22. The lowest BCUT2D eigenvalue weighted by Gasteiger charge is -2.05. The number of benzene rings is 1. The van der Waals surface area contributed by atoms with Gasteiger partial charge in [-0.25, -0.2) is 0 Å². The summed E-state index contributed by atoms with van der Waals surface area (Å²) in [6.07, 6.45) is 0.147. The smallest absolute Gasteiger partial charge is 0.306 e. The Morgan fingerprint density at radius 1 is 1.17 bits per heavy atom. The van der Waals surface area contributed by atoms with Gasteiger partial charge in [0.15, 0.2) is 0 Å². The number of rotatable bonds is 6. The Labute approximate surface area is 115 Å². The molecule has 1 rings (SSSR count). The molecule has 1 aromatic rings. The van der Waals surface area contributed by atoms with Crippen LogP contribution in [-0.4, -0.2) is 18.3 Å². The van der Waals surface area contributed by atoms with Crippen LogP contribution in [0.4, 0.5) is 0 Å². The van der Waals surface area contributed by atoms with Gasteiger partial charge in [-0.2, -0.15) is 0 Å². The Morgan fingerprint density at radius 2 is 1.89 bits per heavy atom. The number of Topliss-reactive ketones (excluding diaryl/α,β-unsaturated/α-hetero) is 1. The lowest BCUT2D eigenvalue weighted by Crippen LogP contribution is -2.15. The summed E-state index contributed by atoms with van der Waals surface area (Å²) < 4.78 is 4.98. The van der Waals surface area contributed by atoms with Crippen LogP contribution in [0.15, 0.2) is 18.2 Å². The number of esters is 1. The molecule has 0 fully saturated rings. The van der Waals surface area contributed by atoms with Crippen LogP contribution in [0, 0.1) is 0 Å². The predicted octanol–water partition coefficient (Wildman–Crippen LogP) is 2.34. The zero-order valence-corrected chi connectivity index (χ0v) is 11.1. The number of ketones is 1. The minimum Gasteiger partial charge on any atom is -0.461 e. The molecule has 6 heteroatoms. The third kappa shape index (κ3) is 5.04. The van der Waals surface area contributed by atoms with Crippen molar-refractivity contribution in [3.8, 4) is 0 Å². The van der Waals surface area contributed by atoms with Crippen LogP contribution in [0.5, 0.6) is 0 Å². The summed E-state index contributed by atoms with van der Waals surface area (Å²) in [5.74, 6) is -0.607. The molecule has 0 saturated carbocycles. The number of carbonyl (C=O) groups is 2. The molecule has 2 N–H and O–H groups in total. The molecule has 0 aliphatic rings. The molecule has 0 aliphatic carbocycles. The maximum Gasteiger partial charge on any atom is 0.306 e. The predicted molar refractivity (Wildman–Crippen MR) is 69.6 cm³/mol. The van der Waals surface area contributed by atoms with Crippen molar-refractivity contribution in [3.63, 3.8) is 0 Å². The molecule has 0 saturated heterocycles. The Bertz CT molecular complexity index is 449. The lowest BCUT2D eigenvalue weighted by molar-refractivity contribution is -0.146. The molecule has 4 nitrogen and oxygen atoms in total. The fraction of sp³-hybridized carbons (Fsp3) is 0.333. The highest BCUT2D eigenvalue weighted by Gasteiger charge is 2.07. The molecule has 0 unspecified atom stereocenters. The number of carbonyl (C=O) groups excluding carboxylic acids is 2. The maximum absolute atomic E-state index is 11.3. The molecule has 0 heterocycles. The molecule has 1 aromatic carbocycles. The highest BCUT2D eigenvalue weighted by atomic mass is 35.5. The van der Waals surface area contributed by atoms with Crippen LogP contribution in [0.25, 0.3) is 0 Å². The molecule has 18 heavy (non-hydrogen) atoms. The summed E-state index contributed by atoms with van der Waals surface area (Å²) in [5, 5.41) is 0.851. The van der Waals surface area contributed by atoms with E-state index in [-0.39, 0.29) is 31.8 Å². The van der Waals surface area contributed by atoms with Crippen LogP contribution in [0.3, 0.4) is 0 Å². The van der Waals surface area contributed by atoms with Crippen molar-refractivity contribution in [2.24, 2.45) is 5.73 Å². The second-order valence-corrected chi connectivity index (χ2v) is 4.47. The summed E-state index contributed by atoms with van der Waals surface area (Å²) in [5.41, 5.74) is 5.86. The minimum absolute atomic E-state index is 0.0390. The van der Waals surface area contributed by atoms with E-state index >= 15 is 0 Å². The average molecular weight is 290 g/mol. The SMILES string of the molecule is NCC(=O)CCC(=O)OCc1ccc(Cl)c(Cl)c1. The number of hydrogen-bond acceptors (Lipinski definition) is 4. The molecule has 0 atom stereocenters. The van der Waals surface area contributed by atoms with Gasteiger partial charge in [-0.15, -0.1) is 0 Å². The monoisotopic (exact) mass is 289 g/mol. The van der Waals surface area contributed by atoms with Gasteiger partial charge >= 0.3 is 5.97 Å². The van der Waals surface area contributed by atoms with E-state index in [1.807, 2.05) is 0 Å². The minimum atomic E-state index is -0.442. The van der Waals surface area contributed by atoms with Gasteiger partial charge in [-0.1, -0.05) is 29.3 Å². The zero-order valence-electron chi connectivity index (χ0n) is 9.62. The van der Waals surface area contributed by atoms with Crippen molar-refractivity contribution < 1.29 is 14.3 Å². The molecule has 0 radical (unpaired) electrons. The van der Waals surface area contributed by atoms with E-state index < -0.39 is 5.97 Å². The first-order valence-corrected chi connectivity index (χ1v) is 6.10. The van der Waals surface area contributed by atoms with Crippen LogP contribution in [0.1, 0.15) is 18.4 Å². The van der Waals surface area contributed by atoms with Crippen molar-refractivity contribution in [1.29, 1.82) is 0 Å². The fourth-order valence-corrected chi connectivity index (χ4v) is 1.53. The molecule has 0 spiro atoms. The average Bonchev–Trinajstić information content (AvgIpc) is 2.37. The molecule has 0 aliphatic heterocycles. The Balaban J connectivity index is 2.38. The van der Waals surface area contributed by atoms with Gasteiger partial charge in [0.25, 0.3) is 0 Å². The fourth-order valence-electron chi connectivity index (χ4n) is 1.21. The molecular weight excluding hydrogens is 277 g/mol. The Hall–Kier alpha value is -1.10. The van der Waals surface area contributed by atoms with E-state index in [0.29, 0.717) is 10.0 Å². The Kier molecular flexibility index (Phi) is 6.12. The van der Waals surface area contributed by atoms with Crippen molar-refractivity contribution in [3.05, 3.63) is 33.8 Å². The summed E-state index contributed by atoms with van der Waals surface area (Å²) >= 11 is 11.6. The summed E-state index contributed by atoms with van der Waals surface area (Å²) in [6.45, 7) is 0.0482. The van der Waals surface area contributed by atoms with Gasteiger partial charge in [0.05, 0.1) is 23.0 Å². The standard InChI is InChI=1S/C12H13Cl2NO3/c13-10-3-1-8(5-11(10)14)7-18-12(17)4-2-9(16)6-15/h1,3,5H,2,4,6-7,15H2. The van der Waals surface area contributed by atoms with Gasteiger partial charge in [0.1, 0.15) is 12.4 Å².